The van der Waals surface area contributed by atoms with Gasteiger partial charge in [-0.05, 0) is 0 Å². The van der Waals surface area contributed by atoms with Crippen molar-refractivity contribution in [3.05, 3.63) is 0 Å². The molecule has 1 fully saturated rings. The Hall–Kier alpha value is -1.12. The summed E-state index contributed by atoms with van der Waals surface area (Å²) in [7, 11) is 0. The van der Waals surface area contributed by atoms with Crippen LogP contribution < -0.4 is 0 Å². The minimum absolute atomic E-state index is 0.164. The Kier molecular flexibility index (Phi) is 4.97. The van der Waals surface area contributed by atoms with E-state index in [-0.39, 0.29) is 6.42 Å². The lowest BCUT2D eigenvalue weighted by Gasteiger charge is -2.25. The maximum absolute atomic E-state index is 10.8. The molecule has 0 aromatic carbocycles. The van der Waals surface area contributed by atoms with Crippen LogP contribution in [0.3, 0.4) is 0 Å². The maximum Gasteiger partial charge on any atom is 0.320 e. The summed E-state index contributed by atoms with van der Waals surface area (Å²) in [6.07, 6.45) is -0.164. The van der Waals surface area contributed by atoms with E-state index in [1.54, 1.807) is 6.07 Å². The summed E-state index contributed by atoms with van der Waals surface area (Å²) in [5, 5.41) is 8.21. The van der Waals surface area contributed by atoms with Crippen LogP contribution in [0.15, 0.2) is 0 Å². The summed E-state index contributed by atoms with van der Waals surface area (Å²) in [5.74, 6) is -0.444. The minimum Gasteiger partial charge on any atom is -0.464 e. The predicted octanol–water partition coefficient (Wildman–Crippen LogP) is -0.225. The smallest absolute Gasteiger partial charge is 0.320 e. The van der Waals surface area contributed by atoms with Gasteiger partial charge in [-0.25, -0.2) is 0 Å². The van der Waals surface area contributed by atoms with Crippen molar-refractivity contribution >= 4 is 5.97 Å². The number of hydrogen-bond acceptors (Lipinski definition) is 5. The van der Waals surface area contributed by atoms with Gasteiger partial charge in [0.1, 0.15) is 13.0 Å². The first-order valence-corrected chi connectivity index (χ1v) is 4.65. The molecule has 0 aromatic rings. The number of hydrogen-bond donors (Lipinski definition) is 0. The lowest BCUT2D eigenvalue weighted by Crippen LogP contribution is -2.38. The molecule has 0 saturated carbocycles. The molecule has 1 aliphatic heterocycles. The van der Waals surface area contributed by atoms with Gasteiger partial charge in [0.25, 0.3) is 0 Å². The lowest BCUT2D eigenvalue weighted by atomic mass is 10.4. The van der Waals surface area contributed by atoms with Gasteiger partial charge < -0.3 is 9.47 Å². The molecular formula is C9H14N2O3. The third-order valence-electron chi connectivity index (χ3n) is 2.00. The van der Waals surface area contributed by atoms with E-state index in [0.717, 1.165) is 32.8 Å². The molecule has 5 heteroatoms. The van der Waals surface area contributed by atoms with Crippen molar-refractivity contribution in [1.29, 1.82) is 5.26 Å². The Balaban J connectivity index is 2.03. The third kappa shape index (κ3) is 4.21. The Morgan fingerprint density at radius 2 is 2.21 bits per heavy atom. The molecule has 0 N–H and O–H groups in total. The van der Waals surface area contributed by atoms with E-state index in [4.69, 9.17) is 14.7 Å². The molecule has 0 bridgehead atoms. The molecule has 0 spiro atoms. The molecule has 0 aromatic heterocycles. The van der Waals surface area contributed by atoms with Crippen molar-refractivity contribution < 1.29 is 14.3 Å². The third-order valence-corrected chi connectivity index (χ3v) is 2.00. The number of ether oxygens (including phenoxy) is 2. The predicted molar refractivity (Wildman–Crippen MR) is 48.4 cm³/mol. The van der Waals surface area contributed by atoms with Crippen molar-refractivity contribution in [1.82, 2.24) is 4.90 Å². The van der Waals surface area contributed by atoms with E-state index in [1.165, 1.54) is 0 Å². The van der Waals surface area contributed by atoms with Crippen LogP contribution in [0.5, 0.6) is 0 Å². The molecule has 0 amide bonds. The second-order valence-corrected chi connectivity index (χ2v) is 3.01. The fourth-order valence-electron chi connectivity index (χ4n) is 1.23. The molecule has 78 valence electrons. The fraction of sp³-hybridized carbons (Fsp3) is 0.778. The van der Waals surface area contributed by atoms with Gasteiger partial charge >= 0.3 is 5.97 Å². The monoisotopic (exact) mass is 198 g/mol. The first-order chi connectivity index (χ1) is 6.83. The highest BCUT2D eigenvalue weighted by Gasteiger charge is 2.10. The van der Waals surface area contributed by atoms with E-state index >= 15 is 0 Å². The molecule has 0 atom stereocenters. The molecule has 0 aliphatic carbocycles. The lowest BCUT2D eigenvalue weighted by molar-refractivity contribution is -0.143. The van der Waals surface area contributed by atoms with Gasteiger partial charge in [0, 0.05) is 19.6 Å². The number of nitriles is 1. The highest BCUT2D eigenvalue weighted by Crippen LogP contribution is 1.96. The van der Waals surface area contributed by atoms with Gasteiger partial charge in [0.05, 0.1) is 19.3 Å². The van der Waals surface area contributed by atoms with E-state index in [1.807, 2.05) is 0 Å². The summed E-state index contributed by atoms with van der Waals surface area (Å²) in [5.41, 5.74) is 0. The van der Waals surface area contributed by atoms with Gasteiger partial charge in [-0.3, -0.25) is 9.69 Å². The molecule has 1 aliphatic rings. The minimum atomic E-state index is -0.444. The first-order valence-electron chi connectivity index (χ1n) is 4.65. The number of rotatable bonds is 4. The largest absolute Gasteiger partial charge is 0.464 e. The Morgan fingerprint density at radius 3 is 2.86 bits per heavy atom. The standard InChI is InChI=1S/C9H14N2O3/c10-2-1-9(12)14-8-5-11-3-6-13-7-4-11/h1,3-8H2. The van der Waals surface area contributed by atoms with Crippen molar-refractivity contribution in [2.24, 2.45) is 0 Å². The summed E-state index contributed by atoms with van der Waals surface area (Å²) in [6, 6.07) is 1.75. The molecule has 1 heterocycles. The Morgan fingerprint density at radius 1 is 1.50 bits per heavy atom. The van der Waals surface area contributed by atoms with Crippen LogP contribution in [0.4, 0.5) is 0 Å². The molecular weight excluding hydrogens is 184 g/mol. The second-order valence-electron chi connectivity index (χ2n) is 3.01. The molecule has 1 rings (SSSR count). The van der Waals surface area contributed by atoms with Gasteiger partial charge in [-0.2, -0.15) is 5.26 Å². The number of esters is 1. The van der Waals surface area contributed by atoms with Crippen molar-refractivity contribution in [3.8, 4) is 6.07 Å². The highest BCUT2D eigenvalue weighted by molar-refractivity contribution is 5.71. The van der Waals surface area contributed by atoms with Crippen molar-refractivity contribution in [3.63, 3.8) is 0 Å². The SMILES string of the molecule is N#CCC(=O)OCCN1CCOCC1. The van der Waals surface area contributed by atoms with Gasteiger partial charge in [-0.15, -0.1) is 0 Å². The fourth-order valence-corrected chi connectivity index (χ4v) is 1.23. The summed E-state index contributed by atoms with van der Waals surface area (Å²) in [4.78, 5) is 13.0. The van der Waals surface area contributed by atoms with Crippen LogP contribution in [0.25, 0.3) is 0 Å². The number of carbonyl (C=O) groups is 1. The average Bonchev–Trinajstić information content (AvgIpc) is 2.20. The highest BCUT2D eigenvalue weighted by atomic mass is 16.5. The summed E-state index contributed by atoms with van der Waals surface area (Å²) < 4.78 is 10.0. The van der Waals surface area contributed by atoms with Crippen LogP contribution in [-0.4, -0.2) is 50.3 Å². The van der Waals surface area contributed by atoms with Crippen molar-refractivity contribution in [2.45, 2.75) is 6.42 Å². The zero-order valence-corrected chi connectivity index (χ0v) is 8.07. The quantitative estimate of drug-likeness (QED) is 0.584. The number of nitrogens with zero attached hydrogens (tertiary/aromatic N) is 2. The zero-order valence-electron chi connectivity index (χ0n) is 8.07. The van der Waals surface area contributed by atoms with Crippen LogP contribution in [0.2, 0.25) is 0 Å². The van der Waals surface area contributed by atoms with Gasteiger partial charge in [0.2, 0.25) is 0 Å². The summed E-state index contributed by atoms with van der Waals surface area (Å²) >= 11 is 0. The number of morpholine rings is 1. The van der Waals surface area contributed by atoms with E-state index < -0.39 is 5.97 Å². The molecule has 5 nitrogen and oxygen atoms in total. The molecule has 0 radical (unpaired) electrons. The summed E-state index contributed by atoms with van der Waals surface area (Å²) in [6.45, 7) is 4.34. The molecule has 0 unspecified atom stereocenters. The van der Waals surface area contributed by atoms with Crippen LogP contribution in [0, 0.1) is 11.3 Å². The van der Waals surface area contributed by atoms with Crippen molar-refractivity contribution in [2.75, 3.05) is 39.5 Å². The van der Waals surface area contributed by atoms with E-state index in [2.05, 4.69) is 4.90 Å². The van der Waals surface area contributed by atoms with Crippen LogP contribution in [0.1, 0.15) is 6.42 Å². The molecule has 1 saturated heterocycles. The zero-order chi connectivity index (χ0) is 10.2. The topological polar surface area (TPSA) is 62.6 Å². The van der Waals surface area contributed by atoms with Gasteiger partial charge in [-0.1, -0.05) is 0 Å². The number of carbonyl (C=O) groups excluding carboxylic acids is 1. The average molecular weight is 198 g/mol. The maximum atomic E-state index is 10.8. The first kappa shape index (κ1) is 11.0. The molecule has 14 heavy (non-hydrogen) atoms. The second kappa shape index (κ2) is 6.35. The van der Waals surface area contributed by atoms with E-state index in [9.17, 15) is 4.79 Å². The van der Waals surface area contributed by atoms with Crippen LogP contribution in [-0.2, 0) is 14.3 Å². The van der Waals surface area contributed by atoms with Crippen LogP contribution >= 0.6 is 0 Å². The Bertz CT molecular complexity index is 219. The van der Waals surface area contributed by atoms with E-state index in [0.29, 0.717) is 6.61 Å². The van der Waals surface area contributed by atoms with Gasteiger partial charge in [0.15, 0.2) is 0 Å². The Labute approximate surface area is 83.2 Å². The normalized spacial score (nSPS) is 17.4.